The summed E-state index contributed by atoms with van der Waals surface area (Å²) in [4.78, 5) is 12.4. The molecule has 1 unspecified atom stereocenters. The first kappa shape index (κ1) is 17.6. The lowest BCUT2D eigenvalue weighted by molar-refractivity contribution is -0.126. The highest BCUT2D eigenvalue weighted by atomic mass is 79.9. The van der Waals surface area contributed by atoms with Crippen LogP contribution in [0.25, 0.3) is 0 Å². The van der Waals surface area contributed by atoms with Gasteiger partial charge in [0.1, 0.15) is 17.7 Å². The largest absolute Gasteiger partial charge is 0.352 e. The quantitative estimate of drug-likeness (QED) is 0.804. The first-order chi connectivity index (χ1) is 10.8. The molecule has 1 amide bonds. The highest BCUT2D eigenvalue weighted by Gasteiger charge is 2.30. The molecule has 2 aromatic rings. The average Bonchev–Trinajstić information content (AvgIpc) is 2.96. The number of hydrogen-bond acceptors (Lipinski definition) is 4. The van der Waals surface area contributed by atoms with E-state index in [1.807, 2.05) is 28.8 Å². The van der Waals surface area contributed by atoms with Gasteiger partial charge in [-0.2, -0.15) is 0 Å². The molecule has 3 N–H and O–H groups in total. The third-order valence-corrected chi connectivity index (χ3v) is 4.24. The van der Waals surface area contributed by atoms with Gasteiger partial charge in [-0.3, -0.25) is 4.79 Å². The zero-order valence-corrected chi connectivity index (χ0v) is 15.2. The van der Waals surface area contributed by atoms with Gasteiger partial charge in [0.15, 0.2) is 0 Å². The van der Waals surface area contributed by atoms with Crippen LogP contribution in [0.1, 0.15) is 38.1 Å². The van der Waals surface area contributed by atoms with Crippen molar-refractivity contribution in [2.75, 3.05) is 6.54 Å². The van der Waals surface area contributed by atoms with Crippen LogP contribution in [0.5, 0.6) is 0 Å². The molecular formula is C16H22BrN5O. The molecule has 0 radical (unpaired) electrons. The molecular weight excluding hydrogens is 358 g/mol. The fourth-order valence-electron chi connectivity index (χ4n) is 2.28. The second kappa shape index (κ2) is 7.23. The molecule has 1 aromatic heterocycles. The third-order valence-electron chi connectivity index (χ3n) is 3.72. The van der Waals surface area contributed by atoms with Crippen molar-refractivity contribution in [3.05, 3.63) is 46.5 Å². The van der Waals surface area contributed by atoms with E-state index in [4.69, 9.17) is 5.73 Å². The number of hydrogen-bond donors (Lipinski definition) is 2. The monoisotopic (exact) mass is 379 g/mol. The summed E-state index contributed by atoms with van der Waals surface area (Å²) in [5, 5.41) is 10.9. The smallest absolute Gasteiger partial charge is 0.244 e. The Balaban J connectivity index is 1.96. The van der Waals surface area contributed by atoms with E-state index in [1.165, 1.54) is 0 Å². The number of nitrogens with one attached hydrogen (secondary N) is 1. The van der Waals surface area contributed by atoms with Gasteiger partial charge in [0.25, 0.3) is 0 Å². The molecule has 0 aliphatic carbocycles. The number of nitrogens with two attached hydrogens (primary N) is 1. The summed E-state index contributed by atoms with van der Waals surface area (Å²) in [6.07, 6.45) is 1.68. The summed E-state index contributed by atoms with van der Waals surface area (Å²) in [5.41, 5.74) is 5.90. The second-order valence-electron chi connectivity index (χ2n) is 6.00. The zero-order chi connectivity index (χ0) is 17.0. The first-order valence-corrected chi connectivity index (χ1v) is 8.32. The first-order valence-electron chi connectivity index (χ1n) is 7.53. The minimum atomic E-state index is -1.07. The van der Waals surface area contributed by atoms with Crippen LogP contribution < -0.4 is 11.1 Å². The summed E-state index contributed by atoms with van der Waals surface area (Å²) in [7, 11) is 0. The number of carbonyl (C=O) groups is 1. The number of rotatable bonds is 6. The van der Waals surface area contributed by atoms with E-state index in [-0.39, 0.29) is 11.8 Å². The molecule has 0 aliphatic rings. The van der Waals surface area contributed by atoms with E-state index < -0.39 is 5.54 Å². The molecule has 2 rings (SSSR count). The average molecular weight is 380 g/mol. The normalized spacial score (nSPS) is 13.8. The van der Waals surface area contributed by atoms with Crippen molar-refractivity contribution in [1.82, 2.24) is 20.1 Å². The van der Waals surface area contributed by atoms with Crippen molar-refractivity contribution in [2.45, 2.75) is 38.8 Å². The molecule has 1 heterocycles. The molecule has 0 bridgehead atoms. The van der Waals surface area contributed by atoms with Crippen LogP contribution >= 0.6 is 15.9 Å². The molecule has 0 spiro atoms. The number of aromatic nitrogens is 3. The van der Waals surface area contributed by atoms with Gasteiger partial charge in [-0.1, -0.05) is 41.9 Å². The Labute approximate surface area is 144 Å². The second-order valence-corrected chi connectivity index (χ2v) is 6.92. The van der Waals surface area contributed by atoms with E-state index in [2.05, 4.69) is 45.3 Å². The number of halogens is 1. The maximum atomic E-state index is 12.4. The van der Waals surface area contributed by atoms with Gasteiger partial charge in [0, 0.05) is 23.5 Å². The minimum Gasteiger partial charge on any atom is -0.352 e. The Morgan fingerprint density at radius 1 is 1.39 bits per heavy atom. The van der Waals surface area contributed by atoms with E-state index in [0.29, 0.717) is 13.1 Å². The van der Waals surface area contributed by atoms with Crippen LogP contribution in [0.3, 0.4) is 0 Å². The van der Waals surface area contributed by atoms with Gasteiger partial charge in [-0.05, 0) is 24.6 Å². The maximum absolute atomic E-state index is 12.4. The van der Waals surface area contributed by atoms with Gasteiger partial charge in [-0.15, -0.1) is 10.2 Å². The number of amides is 1. The van der Waals surface area contributed by atoms with Gasteiger partial charge in [0.05, 0.1) is 0 Å². The van der Waals surface area contributed by atoms with Gasteiger partial charge in [-0.25, -0.2) is 0 Å². The van der Waals surface area contributed by atoms with E-state index in [1.54, 1.807) is 13.3 Å². The SMILES string of the molecule is CC(C)c1nncn1CCNC(=O)C(C)(N)c1ccc(Br)cc1. The van der Waals surface area contributed by atoms with Crippen LogP contribution in [0.15, 0.2) is 35.1 Å². The molecule has 0 fully saturated rings. The predicted molar refractivity (Wildman–Crippen MR) is 92.8 cm³/mol. The van der Waals surface area contributed by atoms with E-state index in [0.717, 1.165) is 15.9 Å². The van der Waals surface area contributed by atoms with Gasteiger partial charge < -0.3 is 15.6 Å². The van der Waals surface area contributed by atoms with Crippen molar-refractivity contribution < 1.29 is 4.79 Å². The minimum absolute atomic E-state index is 0.209. The molecule has 1 atom stereocenters. The van der Waals surface area contributed by atoms with E-state index in [9.17, 15) is 4.79 Å². The molecule has 23 heavy (non-hydrogen) atoms. The van der Waals surface area contributed by atoms with Crippen molar-refractivity contribution in [3.63, 3.8) is 0 Å². The van der Waals surface area contributed by atoms with Crippen molar-refractivity contribution in [2.24, 2.45) is 5.73 Å². The number of nitrogens with zero attached hydrogens (tertiary/aromatic N) is 3. The molecule has 0 saturated heterocycles. The zero-order valence-electron chi connectivity index (χ0n) is 13.6. The number of carbonyl (C=O) groups excluding carboxylic acids is 1. The van der Waals surface area contributed by atoms with Gasteiger partial charge >= 0.3 is 0 Å². The lowest BCUT2D eigenvalue weighted by Crippen LogP contribution is -2.49. The summed E-state index contributed by atoms with van der Waals surface area (Å²) in [6, 6.07) is 7.44. The third kappa shape index (κ3) is 4.17. The Bertz CT molecular complexity index is 663. The highest BCUT2D eigenvalue weighted by molar-refractivity contribution is 9.10. The number of benzene rings is 1. The summed E-state index contributed by atoms with van der Waals surface area (Å²) in [6.45, 7) is 6.92. The van der Waals surface area contributed by atoms with Crippen LogP contribution in [-0.4, -0.2) is 27.2 Å². The summed E-state index contributed by atoms with van der Waals surface area (Å²) < 4.78 is 2.89. The van der Waals surface area contributed by atoms with Crippen molar-refractivity contribution in [1.29, 1.82) is 0 Å². The Hall–Kier alpha value is -1.73. The van der Waals surface area contributed by atoms with Crippen LogP contribution in [0, 0.1) is 0 Å². The molecule has 124 valence electrons. The molecule has 0 saturated carbocycles. The Morgan fingerprint density at radius 2 is 2.04 bits per heavy atom. The lowest BCUT2D eigenvalue weighted by Gasteiger charge is -2.24. The Morgan fingerprint density at radius 3 is 2.65 bits per heavy atom. The Kier molecular flexibility index (Phi) is 5.54. The highest BCUT2D eigenvalue weighted by Crippen LogP contribution is 2.20. The van der Waals surface area contributed by atoms with Crippen molar-refractivity contribution >= 4 is 21.8 Å². The molecule has 0 aliphatic heterocycles. The predicted octanol–water partition coefficient (Wildman–Crippen LogP) is 2.15. The maximum Gasteiger partial charge on any atom is 0.244 e. The van der Waals surface area contributed by atoms with Crippen LogP contribution in [-0.2, 0) is 16.9 Å². The fraction of sp³-hybridized carbons (Fsp3) is 0.438. The fourth-order valence-corrected chi connectivity index (χ4v) is 2.55. The topological polar surface area (TPSA) is 85.8 Å². The van der Waals surface area contributed by atoms with Crippen molar-refractivity contribution in [3.8, 4) is 0 Å². The van der Waals surface area contributed by atoms with Gasteiger partial charge in [0.2, 0.25) is 5.91 Å². The molecule has 1 aromatic carbocycles. The molecule has 7 heteroatoms. The van der Waals surface area contributed by atoms with Crippen LogP contribution in [0.4, 0.5) is 0 Å². The standard InChI is InChI=1S/C16H22BrN5O/c1-11(2)14-21-20-10-22(14)9-8-19-15(23)16(3,18)12-4-6-13(17)7-5-12/h4-7,10-11H,8-9,18H2,1-3H3,(H,19,23). The van der Waals surface area contributed by atoms with E-state index >= 15 is 0 Å². The summed E-state index contributed by atoms with van der Waals surface area (Å²) >= 11 is 3.38. The van der Waals surface area contributed by atoms with Crippen LogP contribution in [0.2, 0.25) is 0 Å². The summed E-state index contributed by atoms with van der Waals surface area (Å²) in [5.74, 6) is 0.984. The lowest BCUT2D eigenvalue weighted by atomic mass is 9.92. The molecule has 6 nitrogen and oxygen atoms in total.